The fourth-order valence-corrected chi connectivity index (χ4v) is 4.28. The lowest BCUT2D eigenvalue weighted by molar-refractivity contribution is 0.212. The van der Waals surface area contributed by atoms with E-state index in [9.17, 15) is 0 Å². The van der Waals surface area contributed by atoms with Gasteiger partial charge in [0.25, 0.3) is 0 Å². The van der Waals surface area contributed by atoms with Crippen LogP contribution in [0.15, 0.2) is 38.3 Å². The number of rotatable bonds is 6. The molecule has 0 saturated carbocycles. The Hall–Kier alpha value is -1.73. The summed E-state index contributed by atoms with van der Waals surface area (Å²) in [7, 11) is 5.96. The Morgan fingerprint density at radius 2 is 2.11 bits per heavy atom. The van der Waals surface area contributed by atoms with E-state index in [0.717, 1.165) is 48.1 Å². The summed E-state index contributed by atoms with van der Waals surface area (Å²) in [6.45, 7) is 5.81. The normalized spacial score (nSPS) is 16.7. The van der Waals surface area contributed by atoms with Gasteiger partial charge in [-0.25, -0.2) is 0 Å². The topological polar surface area (TPSA) is 48.9 Å². The fourth-order valence-electron chi connectivity index (χ4n) is 3.71. The zero-order valence-corrected chi connectivity index (χ0v) is 18.3. The number of aliphatic imine (C=N–C) groups is 1. The number of nitrogens with zero attached hydrogens (tertiary/aromatic N) is 4. The molecule has 1 aliphatic heterocycles. The van der Waals surface area contributed by atoms with E-state index in [2.05, 4.69) is 73.0 Å². The Kier molecular flexibility index (Phi) is 6.65. The monoisotopic (exact) mass is 435 g/mol. The van der Waals surface area contributed by atoms with Crippen LogP contribution in [0, 0.1) is 6.92 Å². The van der Waals surface area contributed by atoms with E-state index in [1.165, 1.54) is 18.5 Å². The van der Waals surface area contributed by atoms with Crippen molar-refractivity contribution in [2.45, 2.75) is 32.4 Å². The molecule has 1 saturated heterocycles. The van der Waals surface area contributed by atoms with Gasteiger partial charge < -0.3 is 19.2 Å². The van der Waals surface area contributed by atoms with Gasteiger partial charge in [0.2, 0.25) is 0 Å². The highest BCUT2D eigenvalue weighted by atomic mass is 79.9. The quantitative estimate of drug-likeness (QED) is 0.556. The van der Waals surface area contributed by atoms with Crippen molar-refractivity contribution in [3.8, 4) is 0 Å². The van der Waals surface area contributed by atoms with Crippen LogP contribution in [0.5, 0.6) is 0 Å². The van der Waals surface area contributed by atoms with Crippen LogP contribution in [0.25, 0.3) is 0 Å². The summed E-state index contributed by atoms with van der Waals surface area (Å²) in [4.78, 5) is 9.14. The van der Waals surface area contributed by atoms with Crippen molar-refractivity contribution in [1.82, 2.24) is 19.7 Å². The average Bonchev–Trinajstić information content (AvgIpc) is 3.35. The Morgan fingerprint density at radius 1 is 1.37 bits per heavy atom. The van der Waals surface area contributed by atoms with Crippen LogP contribution in [-0.4, -0.2) is 54.1 Å². The van der Waals surface area contributed by atoms with Gasteiger partial charge in [0, 0.05) is 44.1 Å². The molecule has 3 rings (SSSR count). The second-order valence-corrected chi connectivity index (χ2v) is 8.17. The van der Waals surface area contributed by atoms with E-state index in [1.54, 1.807) is 0 Å². The summed E-state index contributed by atoms with van der Waals surface area (Å²) >= 11 is 3.54. The molecule has 1 atom stereocenters. The first-order chi connectivity index (χ1) is 13.0. The molecule has 1 fully saturated rings. The van der Waals surface area contributed by atoms with Gasteiger partial charge in [0.05, 0.1) is 12.6 Å². The summed E-state index contributed by atoms with van der Waals surface area (Å²) in [6.07, 6.45) is 4.59. The third kappa shape index (κ3) is 4.96. The standard InChI is InChI=1S/C20H30BrN5O/c1-15-7-8-19(27-15)18(26-9-5-6-10-26)12-23-20(22-2)25(4)14-17-11-16(21)13-24(17)3/h7-8,11,13,18H,5-6,9-10,12,14H2,1-4H3,(H,22,23). The first-order valence-electron chi connectivity index (χ1n) is 9.51. The number of furan rings is 1. The number of guanidine groups is 1. The lowest BCUT2D eigenvalue weighted by Crippen LogP contribution is -2.43. The average molecular weight is 436 g/mol. The molecule has 0 aromatic carbocycles. The summed E-state index contributed by atoms with van der Waals surface area (Å²) in [5, 5.41) is 3.55. The molecule has 2 aromatic rings. The van der Waals surface area contributed by atoms with Crippen LogP contribution in [0.3, 0.4) is 0 Å². The largest absolute Gasteiger partial charge is 0.465 e. The summed E-state index contributed by atoms with van der Waals surface area (Å²) < 4.78 is 9.18. The molecule has 1 N–H and O–H groups in total. The van der Waals surface area contributed by atoms with E-state index in [-0.39, 0.29) is 6.04 Å². The number of hydrogen-bond donors (Lipinski definition) is 1. The maximum atomic E-state index is 5.95. The molecular weight excluding hydrogens is 406 g/mol. The van der Waals surface area contributed by atoms with Gasteiger partial charge in [-0.1, -0.05) is 0 Å². The second kappa shape index (κ2) is 8.97. The van der Waals surface area contributed by atoms with Crippen LogP contribution in [0.2, 0.25) is 0 Å². The maximum absolute atomic E-state index is 5.95. The Bertz CT molecular complexity index is 775. The van der Waals surface area contributed by atoms with Crippen LogP contribution in [0.1, 0.15) is 36.1 Å². The van der Waals surface area contributed by atoms with Crippen molar-refractivity contribution in [1.29, 1.82) is 0 Å². The molecule has 7 heteroatoms. The number of aryl methyl sites for hydroxylation is 2. The molecular formula is C20H30BrN5O. The molecule has 0 bridgehead atoms. The van der Waals surface area contributed by atoms with Gasteiger partial charge in [0.15, 0.2) is 5.96 Å². The van der Waals surface area contributed by atoms with E-state index >= 15 is 0 Å². The number of likely N-dealkylation sites (tertiary alicyclic amines) is 1. The minimum Gasteiger partial charge on any atom is -0.465 e. The van der Waals surface area contributed by atoms with Crippen molar-refractivity contribution in [2.24, 2.45) is 12.0 Å². The molecule has 3 heterocycles. The molecule has 0 spiro atoms. The van der Waals surface area contributed by atoms with Crippen molar-refractivity contribution in [2.75, 3.05) is 33.7 Å². The zero-order chi connectivity index (χ0) is 19.4. The van der Waals surface area contributed by atoms with Crippen molar-refractivity contribution in [3.05, 3.63) is 46.1 Å². The number of hydrogen-bond acceptors (Lipinski definition) is 3. The van der Waals surface area contributed by atoms with Crippen LogP contribution >= 0.6 is 15.9 Å². The lowest BCUT2D eigenvalue weighted by atomic mass is 10.2. The van der Waals surface area contributed by atoms with E-state index in [4.69, 9.17) is 4.42 Å². The number of aromatic nitrogens is 1. The molecule has 0 aliphatic carbocycles. The van der Waals surface area contributed by atoms with Crippen LogP contribution in [-0.2, 0) is 13.6 Å². The first kappa shape index (κ1) is 20.0. The second-order valence-electron chi connectivity index (χ2n) is 7.25. The highest BCUT2D eigenvalue weighted by molar-refractivity contribution is 9.10. The van der Waals surface area contributed by atoms with Gasteiger partial charge >= 0.3 is 0 Å². The minimum absolute atomic E-state index is 0.232. The van der Waals surface area contributed by atoms with Crippen LogP contribution < -0.4 is 5.32 Å². The fraction of sp³-hybridized carbons (Fsp3) is 0.550. The molecule has 1 aliphatic rings. The van der Waals surface area contributed by atoms with Crippen LogP contribution in [0.4, 0.5) is 0 Å². The Balaban J connectivity index is 1.66. The molecule has 1 unspecified atom stereocenters. The predicted molar refractivity (Wildman–Crippen MR) is 113 cm³/mol. The maximum Gasteiger partial charge on any atom is 0.193 e. The molecule has 0 amide bonds. The molecule has 148 valence electrons. The molecule has 27 heavy (non-hydrogen) atoms. The van der Waals surface area contributed by atoms with Gasteiger partial charge in [-0.05, 0) is 67.0 Å². The van der Waals surface area contributed by atoms with Crippen molar-refractivity contribution in [3.63, 3.8) is 0 Å². The zero-order valence-electron chi connectivity index (χ0n) is 16.7. The summed E-state index contributed by atoms with van der Waals surface area (Å²) in [5.74, 6) is 2.89. The molecule has 6 nitrogen and oxygen atoms in total. The minimum atomic E-state index is 0.232. The number of halogens is 1. The SMILES string of the molecule is CN=C(NCC(c1ccc(C)o1)N1CCCC1)N(C)Cc1cc(Br)cn1C. The molecule has 0 radical (unpaired) electrons. The highest BCUT2D eigenvalue weighted by Gasteiger charge is 2.26. The Morgan fingerprint density at radius 3 is 2.67 bits per heavy atom. The lowest BCUT2D eigenvalue weighted by Gasteiger charge is -2.29. The third-order valence-corrected chi connectivity index (χ3v) is 5.61. The van der Waals surface area contributed by atoms with E-state index < -0.39 is 0 Å². The van der Waals surface area contributed by atoms with Gasteiger partial charge in [-0.15, -0.1) is 0 Å². The van der Waals surface area contributed by atoms with Crippen molar-refractivity contribution < 1.29 is 4.42 Å². The van der Waals surface area contributed by atoms with E-state index in [1.807, 2.05) is 20.0 Å². The predicted octanol–water partition coefficient (Wildman–Crippen LogP) is 3.53. The third-order valence-electron chi connectivity index (χ3n) is 5.17. The summed E-state index contributed by atoms with van der Waals surface area (Å²) in [6, 6.07) is 6.53. The number of nitrogens with one attached hydrogen (secondary N) is 1. The Labute approximate surface area is 170 Å². The van der Waals surface area contributed by atoms with Crippen molar-refractivity contribution >= 4 is 21.9 Å². The van der Waals surface area contributed by atoms with Gasteiger partial charge in [-0.2, -0.15) is 0 Å². The first-order valence-corrected chi connectivity index (χ1v) is 10.3. The summed E-state index contributed by atoms with van der Waals surface area (Å²) in [5.41, 5.74) is 1.23. The van der Waals surface area contributed by atoms with E-state index in [0.29, 0.717) is 0 Å². The molecule has 2 aromatic heterocycles. The smallest absolute Gasteiger partial charge is 0.193 e. The highest BCUT2D eigenvalue weighted by Crippen LogP contribution is 2.26. The van der Waals surface area contributed by atoms with Gasteiger partial charge in [0.1, 0.15) is 11.5 Å². The van der Waals surface area contributed by atoms with Gasteiger partial charge in [-0.3, -0.25) is 9.89 Å².